The highest BCUT2D eigenvalue weighted by Gasteiger charge is 2.25. The molecule has 5 heteroatoms. The molecular weight excluding hydrogens is 416 g/mol. The fraction of sp³-hybridized carbons (Fsp3) is 0.391. The van der Waals surface area contributed by atoms with Crippen molar-refractivity contribution in [3.8, 4) is 0 Å². The van der Waals surface area contributed by atoms with Crippen molar-refractivity contribution >= 4 is 27.7 Å². The first-order valence-corrected chi connectivity index (χ1v) is 10.6. The number of nitrogens with zero attached hydrogens (tertiary/aromatic N) is 1. The molecule has 0 aliphatic rings. The SMILES string of the molecule is CCCNC(=O)[C@@H](C)N(Cc1ccc(Br)cc1)C(=O)CCc1ccc(C)cc1. The molecule has 150 valence electrons. The first-order chi connectivity index (χ1) is 13.4. The zero-order valence-electron chi connectivity index (χ0n) is 16.9. The van der Waals surface area contributed by atoms with E-state index in [1.54, 1.807) is 11.8 Å². The molecular formula is C23H29BrN2O2. The van der Waals surface area contributed by atoms with Crippen LogP contribution in [0.5, 0.6) is 0 Å². The minimum absolute atomic E-state index is 0.0114. The molecule has 0 fully saturated rings. The molecule has 1 N–H and O–H groups in total. The van der Waals surface area contributed by atoms with E-state index in [4.69, 9.17) is 0 Å². The Hall–Kier alpha value is -2.14. The second-order valence-electron chi connectivity index (χ2n) is 7.10. The van der Waals surface area contributed by atoms with Crippen LogP contribution in [0, 0.1) is 6.92 Å². The topological polar surface area (TPSA) is 49.4 Å². The molecule has 0 saturated carbocycles. The van der Waals surface area contributed by atoms with Crippen LogP contribution >= 0.6 is 15.9 Å². The molecule has 0 aliphatic carbocycles. The smallest absolute Gasteiger partial charge is 0.242 e. The Labute approximate surface area is 176 Å². The largest absolute Gasteiger partial charge is 0.354 e. The van der Waals surface area contributed by atoms with Gasteiger partial charge in [0.15, 0.2) is 0 Å². The van der Waals surface area contributed by atoms with Crippen molar-refractivity contribution in [1.82, 2.24) is 10.2 Å². The number of aryl methyl sites for hydroxylation is 2. The van der Waals surface area contributed by atoms with E-state index in [9.17, 15) is 9.59 Å². The minimum atomic E-state index is -0.513. The van der Waals surface area contributed by atoms with Crippen molar-refractivity contribution in [2.75, 3.05) is 6.54 Å². The summed E-state index contributed by atoms with van der Waals surface area (Å²) < 4.78 is 0.988. The van der Waals surface area contributed by atoms with Gasteiger partial charge in [-0.2, -0.15) is 0 Å². The Morgan fingerprint density at radius 1 is 1.04 bits per heavy atom. The monoisotopic (exact) mass is 444 g/mol. The third-order valence-corrected chi connectivity index (χ3v) is 5.26. The van der Waals surface area contributed by atoms with E-state index in [-0.39, 0.29) is 11.8 Å². The number of amides is 2. The number of nitrogens with one attached hydrogen (secondary N) is 1. The lowest BCUT2D eigenvalue weighted by Crippen LogP contribution is -2.47. The van der Waals surface area contributed by atoms with Gasteiger partial charge >= 0.3 is 0 Å². The molecule has 4 nitrogen and oxygen atoms in total. The maximum absolute atomic E-state index is 13.0. The van der Waals surface area contributed by atoms with Gasteiger partial charge < -0.3 is 10.2 Å². The quantitative estimate of drug-likeness (QED) is 0.612. The molecule has 2 aromatic rings. The van der Waals surface area contributed by atoms with E-state index in [1.807, 2.05) is 38.1 Å². The first-order valence-electron chi connectivity index (χ1n) is 9.78. The van der Waals surface area contributed by atoms with Gasteiger partial charge in [0.25, 0.3) is 0 Å². The number of halogens is 1. The summed E-state index contributed by atoms with van der Waals surface area (Å²) in [6.07, 6.45) is 1.91. The van der Waals surface area contributed by atoms with Crippen molar-refractivity contribution in [3.05, 3.63) is 69.7 Å². The van der Waals surface area contributed by atoms with Gasteiger partial charge in [0.2, 0.25) is 11.8 Å². The third-order valence-electron chi connectivity index (χ3n) is 4.73. The van der Waals surface area contributed by atoms with Crippen molar-refractivity contribution in [2.45, 2.75) is 52.6 Å². The lowest BCUT2D eigenvalue weighted by molar-refractivity contribution is -0.140. The van der Waals surface area contributed by atoms with Gasteiger partial charge in [-0.25, -0.2) is 0 Å². The van der Waals surface area contributed by atoms with Crippen LogP contribution in [0.3, 0.4) is 0 Å². The second kappa shape index (κ2) is 11.0. The van der Waals surface area contributed by atoms with Crippen LogP contribution in [0.4, 0.5) is 0 Å². The number of rotatable bonds is 9. The van der Waals surface area contributed by atoms with E-state index in [1.165, 1.54) is 5.56 Å². The molecule has 1 atom stereocenters. The maximum atomic E-state index is 13.0. The number of hydrogen-bond donors (Lipinski definition) is 1. The molecule has 0 radical (unpaired) electrons. The molecule has 0 spiro atoms. The maximum Gasteiger partial charge on any atom is 0.242 e. The number of carbonyl (C=O) groups is 2. The lowest BCUT2D eigenvalue weighted by atomic mass is 10.1. The molecule has 2 amide bonds. The molecule has 2 rings (SSSR count). The summed E-state index contributed by atoms with van der Waals surface area (Å²) in [5, 5.41) is 2.90. The number of hydrogen-bond acceptors (Lipinski definition) is 2. The summed E-state index contributed by atoms with van der Waals surface area (Å²) in [5.74, 6) is -0.120. The summed E-state index contributed by atoms with van der Waals surface area (Å²) in [7, 11) is 0. The van der Waals surface area contributed by atoms with Crippen LogP contribution < -0.4 is 5.32 Å². The van der Waals surface area contributed by atoms with E-state index in [0.29, 0.717) is 25.9 Å². The average Bonchev–Trinajstić information content (AvgIpc) is 2.70. The van der Waals surface area contributed by atoms with Gasteiger partial charge in [0.1, 0.15) is 6.04 Å². The Morgan fingerprint density at radius 3 is 2.25 bits per heavy atom. The number of benzene rings is 2. The highest BCUT2D eigenvalue weighted by molar-refractivity contribution is 9.10. The fourth-order valence-corrected chi connectivity index (χ4v) is 3.18. The van der Waals surface area contributed by atoms with Gasteiger partial charge in [-0.05, 0) is 49.9 Å². The molecule has 28 heavy (non-hydrogen) atoms. The van der Waals surface area contributed by atoms with E-state index in [2.05, 4.69) is 45.5 Å². The van der Waals surface area contributed by atoms with Gasteiger partial charge in [0, 0.05) is 24.0 Å². The molecule has 0 saturated heterocycles. The van der Waals surface area contributed by atoms with Crippen LogP contribution in [0.2, 0.25) is 0 Å². The molecule has 2 aromatic carbocycles. The number of carbonyl (C=O) groups excluding carboxylic acids is 2. The van der Waals surface area contributed by atoms with Gasteiger partial charge in [-0.15, -0.1) is 0 Å². The predicted octanol–water partition coefficient (Wildman–Crippen LogP) is 4.63. The van der Waals surface area contributed by atoms with Gasteiger partial charge in [-0.3, -0.25) is 9.59 Å². The Kier molecular flexibility index (Phi) is 8.71. The summed E-state index contributed by atoms with van der Waals surface area (Å²) in [6, 6.07) is 15.6. The summed E-state index contributed by atoms with van der Waals surface area (Å²) in [4.78, 5) is 27.2. The fourth-order valence-electron chi connectivity index (χ4n) is 2.91. The van der Waals surface area contributed by atoms with Crippen LogP contribution in [-0.4, -0.2) is 29.3 Å². The Morgan fingerprint density at radius 2 is 1.64 bits per heavy atom. The Balaban J connectivity index is 2.10. The zero-order valence-corrected chi connectivity index (χ0v) is 18.5. The van der Waals surface area contributed by atoms with Crippen LogP contribution in [0.1, 0.15) is 43.4 Å². The average molecular weight is 445 g/mol. The predicted molar refractivity (Wildman–Crippen MR) is 117 cm³/mol. The van der Waals surface area contributed by atoms with Crippen LogP contribution in [0.15, 0.2) is 53.0 Å². The summed E-state index contributed by atoms with van der Waals surface area (Å²) >= 11 is 3.43. The zero-order chi connectivity index (χ0) is 20.5. The van der Waals surface area contributed by atoms with Crippen molar-refractivity contribution < 1.29 is 9.59 Å². The van der Waals surface area contributed by atoms with Gasteiger partial charge in [0.05, 0.1) is 0 Å². The first kappa shape index (κ1) is 22.2. The van der Waals surface area contributed by atoms with E-state index < -0.39 is 6.04 Å². The Bertz CT molecular complexity index is 772. The van der Waals surface area contributed by atoms with Gasteiger partial charge in [-0.1, -0.05) is 64.8 Å². The molecule has 0 bridgehead atoms. The second-order valence-corrected chi connectivity index (χ2v) is 8.02. The molecule has 0 heterocycles. The molecule has 0 aliphatic heterocycles. The highest BCUT2D eigenvalue weighted by atomic mass is 79.9. The third kappa shape index (κ3) is 6.79. The van der Waals surface area contributed by atoms with Crippen LogP contribution in [0.25, 0.3) is 0 Å². The minimum Gasteiger partial charge on any atom is -0.354 e. The van der Waals surface area contributed by atoms with E-state index >= 15 is 0 Å². The lowest BCUT2D eigenvalue weighted by Gasteiger charge is -2.29. The molecule has 0 unspecified atom stereocenters. The standard InChI is InChI=1S/C23H29BrN2O2/c1-4-15-25-23(28)18(3)26(16-20-9-12-21(24)13-10-20)22(27)14-11-19-7-5-17(2)6-8-19/h5-10,12-13,18H,4,11,14-16H2,1-3H3,(H,25,28)/t18-/m1/s1. The molecule has 0 aromatic heterocycles. The van der Waals surface area contributed by atoms with Crippen molar-refractivity contribution in [1.29, 1.82) is 0 Å². The summed E-state index contributed by atoms with van der Waals surface area (Å²) in [6.45, 7) is 6.89. The normalized spacial score (nSPS) is 11.7. The van der Waals surface area contributed by atoms with E-state index in [0.717, 1.165) is 22.0 Å². The van der Waals surface area contributed by atoms with Crippen LogP contribution in [-0.2, 0) is 22.6 Å². The van der Waals surface area contributed by atoms with Crippen molar-refractivity contribution in [3.63, 3.8) is 0 Å². The highest BCUT2D eigenvalue weighted by Crippen LogP contribution is 2.16. The van der Waals surface area contributed by atoms with Crippen molar-refractivity contribution in [2.24, 2.45) is 0 Å². The summed E-state index contributed by atoms with van der Waals surface area (Å²) in [5.41, 5.74) is 3.33.